The second-order valence-electron chi connectivity index (χ2n) is 7.15. The van der Waals surface area contributed by atoms with E-state index in [-0.39, 0.29) is 24.4 Å². The highest BCUT2D eigenvalue weighted by Gasteiger charge is 2.28. The fourth-order valence-electron chi connectivity index (χ4n) is 3.34. The van der Waals surface area contributed by atoms with Gasteiger partial charge in [0.2, 0.25) is 5.91 Å². The molecule has 1 aliphatic rings. The zero-order valence-corrected chi connectivity index (χ0v) is 16.5. The molecular formula is C22H25F2N3O3. The molecule has 1 fully saturated rings. The van der Waals surface area contributed by atoms with Crippen molar-refractivity contribution in [2.75, 3.05) is 25.0 Å². The summed E-state index contributed by atoms with van der Waals surface area (Å²) in [5.74, 6) is -0.0315. The van der Waals surface area contributed by atoms with Crippen LogP contribution in [0.3, 0.4) is 0 Å². The van der Waals surface area contributed by atoms with Crippen LogP contribution in [0.5, 0.6) is 5.75 Å². The molecule has 0 saturated carbocycles. The third-order valence-electron chi connectivity index (χ3n) is 4.84. The molecule has 0 radical (unpaired) electrons. The first-order valence-corrected chi connectivity index (χ1v) is 9.90. The number of halogens is 2. The normalized spacial score (nSPS) is 16.2. The maximum atomic E-state index is 12.6. The minimum atomic E-state index is -2.54. The van der Waals surface area contributed by atoms with Crippen molar-refractivity contribution in [2.24, 2.45) is 5.92 Å². The molecule has 3 rings (SSSR count). The summed E-state index contributed by atoms with van der Waals surface area (Å²) in [5.41, 5.74) is 1.48. The van der Waals surface area contributed by atoms with E-state index in [9.17, 15) is 18.4 Å². The predicted octanol–water partition coefficient (Wildman–Crippen LogP) is 3.89. The summed E-state index contributed by atoms with van der Waals surface area (Å²) in [4.78, 5) is 26.7. The number of ether oxygens (including phenoxy) is 1. The molecule has 0 aliphatic carbocycles. The number of benzene rings is 2. The van der Waals surface area contributed by atoms with Crippen LogP contribution in [-0.4, -0.2) is 43.0 Å². The van der Waals surface area contributed by atoms with Crippen LogP contribution in [0.4, 0.5) is 19.3 Å². The van der Waals surface area contributed by atoms with Gasteiger partial charge in [0.25, 0.3) is 6.43 Å². The van der Waals surface area contributed by atoms with E-state index in [1.807, 2.05) is 30.3 Å². The van der Waals surface area contributed by atoms with Gasteiger partial charge in [-0.1, -0.05) is 30.3 Å². The second kappa shape index (κ2) is 10.6. The monoisotopic (exact) mass is 417 g/mol. The lowest BCUT2D eigenvalue weighted by Crippen LogP contribution is -2.47. The second-order valence-corrected chi connectivity index (χ2v) is 7.15. The summed E-state index contributed by atoms with van der Waals surface area (Å²) >= 11 is 0. The summed E-state index contributed by atoms with van der Waals surface area (Å²) in [6.45, 7) is 0.499. The molecule has 3 amide bonds. The number of carbonyl (C=O) groups excluding carboxylic acids is 2. The smallest absolute Gasteiger partial charge is 0.317 e. The molecule has 160 valence electrons. The molecule has 2 N–H and O–H groups in total. The number of carbonyl (C=O) groups is 2. The summed E-state index contributed by atoms with van der Waals surface area (Å²) in [6.07, 6.45) is -1.07. The van der Waals surface area contributed by atoms with Crippen molar-refractivity contribution in [3.05, 3.63) is 60.2 Å². The van der Waals surface area contributed by atoms with E-state index < -0.39 is 13.0 Å². The highest BCUT2D eigenvalue weighted by Crippen LogP contribution is 2.19. The highest BCUT2D eigenvalue weighted by atomic mass is 19.3. The van der Waals surface area contributed by atoms with Gasteiger partial charge in [-0.3, -0.25) is 4.79 Å². The standard InChI is InChI=1S/C22H25F2N3O3/c23-20(24)15-30-19-10-4-6-16(12-19)13-25-22(29)27-11-5-7-17(14-27)21(28)26-18-8-2-1-3-9-18/h1-4,6,8-10,12,17,20H,5,7,11,13-15H2,(H,25,29)(H,26,28). The summed E-state index contributed by atoms with van der Waals surface area (Å²) in [7, 11) is 0. The molecule has 1 heterocycles. The van der Waals surface area contributed by atoms with Crippen LogP contribution in [0.15, 0.2) is 54.6 Å². The molecule has 6 nitrogen and oxygen atoms in total. The van der Waals surface area contributed by atoms with E-state index in [4.69, 9.17) is 4.74 Å². The van der Waals surface area contributed by atoms with Crippen LogP contribution < -0.4 is 15.4 Å². The molecule has 1 saturated heterocycles. The summed E-state index contributed by atoms with van der Waals surface area (Å²) in [5, 5.41) is 5.71. The zero-order valence-electron chi connectivity index (χ0n) is 16.5. The minimum absolute atomic E-state index is 0.0948. The maximum Gasteiger partial charge on any atom is 0.317 e. The van der Waals surface area contributed by atoms with Crippen LogP contribution >= 0.6 is 0 Å². The first-order chi connectivity index (χ1) is 14.5. The van der Waals surface area contributed by atoms with Gasteiger partial charge < -0.3 is 20.3 Å². The van der Waals surface area contributed by atoms with Crippen LogP contribution in [-0.2, 0) is 11.3 Å². The van der Waals surface area contributed by atoms with Crippen molar-refractivity contribution >= 4 is 17.6 Å². The number of nitrogens with one attached hydrogen (secondary N) is 2. The van der Waals surface area contributed by atoms with Gasteiger partial charge >= 0.3 is 6.03 Å². The van der Waals surface area contributed by atoms with Gasteiger partial charge in [0.1, 0.15) is 12.4 Å². The van der Waals surface area contributed by atoms with Crippen molar-refractivity contribution in [1.29, 1.82) is 0 Å². The molecule has 8 heteroatoms. The van der Waals surface area contributed by atoms with Crippen molar-refractivity contribution in [1.82, 2.24) is 10.2 Å². The third kappa shape index (κ3) is 6.43. The lowest BCUT2D eigenvalue weighted by Gasteiger charge is -2.32. The Morgan fingerprint density at radius 3 is 2.70 bits per heavy atom. The highest BCUT2D eigenvalue weighted by molar-refractivity contribution is 5.93. The number of likely N-dealkylation sites (tertiary alicyclic amines) is 1. The lowest BCUT2D eigenvalue weighted by molar-refractivity contribution is -0.121. The average molecular weight is 417 g/mol. The Morgan fingerprint density at radius 2 is 1.93 bits per heavy atom. The molecule has 0 aromatic heterocycles. The Bertz CT molecular complexity index is 849. The molecule has 1 aliphatic heterocycles. The number of hydrogen-bond acceptors (Lipinski definition) is 3. The molecule has 1 atom stereocenters. The van der Waals surface area contributed by atoms with Crippen LogP contribution in [0, 0.1) is 5.92 Å². The number of nitrogens with zero attached hydrogens (tertiary/aromatic N) is 1. The average Bonchev–Trinajstić information content (AvgIpc) is 2.77. The predicted molar refractivity (Wildman–Crippen MR) is 110 cm³/mol. The molecule has 0 spiro atoms. The summed E-state index contributed by atoms with van der Waals surface area (Å²) < 4.78 is 29.6. The molecule has 30 heavy (non-hydrogen) atoms. The quantitative estimate of drug-likeness (QED) is 0.718. The SMILES string of the molecule is O=C(Nc1ccccc1)C1CCCN(C(=O)NCc2cccc(OCC(F)F)c2)C1. The van der Waals surface area contributed by atoms with Crippen molar-refractivity contribution in [3.8, 4) is 5.75 Å². The van der Waals surface area contributed by atoms with Crippen molar-refractivity contribution < 1.29 is 23.1 Å². The Hall–Kier alpha value is -3.16. The fourth-order valence-corrected chi connectivity index (χ4v) is 3.34. The fraction of sp³-hybridized carbons (Fsp3) is 0.364. The first-order valence-electron chi connectivity index (χ1n) is 9.90. The van der Waals surface area contributed by atoms with E-state index in [0.717, 1.165) is 24.1 Å². The Morgan fingerprint density at radius 1 is 1.13 bits per heavy atom. The van der Waals surface area contributed by atoms with E-state index in [0.29, 0.717) is 18.8 Å². The van der Waals surface area contributed by atoms with Gasteiger partial charge in [-0.25, -0.2) is 13.6 Å². The number of piperidine rings is 1. The Kier molecular flexibility index (Phi) is 7.59. The van der Waals surface area contributed by atoms with Gasteiger partial charge in [-0.15, -0.1) is 0 Å². The molecule has 2 aromatic rings. The van der Waals surface area contributed by atoms with Crippen LogP contribution in [0.1, 0.15) is 18.4 Å². The zero-order chi connectivity index (χ0) is 21.3. The number of hydrogen-bond donors (Lipinski definition) is 2. The van der Waals surface area contributed by atoms with Crippen LogP contribution in [0.25, 0.3) is 0 Å². The third-order valence-corrected chi connectivity index (χ3v) is 4.84. The van der Waals surface area contributed by atoms with Gasteiger partial charge in [-0.2, -0.15) is 0 Å². The minimum Gasteiger partial charge on any atom is -0.488 e. The number of alkyl halides is 2. The van der Waals surface area contributed by atoms with E-state index >= 15 is 0 Å². The number of para-hydroxylation sites is 1. The number of urea groups is 1. The maximum absolute atomic E-state index is 12.6. The number of amides is 3. The van der Waals surface area contributed by atoms with Gasteiger partial charge in [-0.05, 0) is 42.7 Å². The first kappa shape index (κ1) is 21.5. The van der Waals surface area contributed by atoms with E-state index in [2.05, 4.69) is 10.6 Å². The lowest BCUT2D eigenvalue weighted by atomic mass is 9.97. The van der Waals surface area contributed by atoms with E-state index in [1.165, 1.54) is 0 Å². The van der Waals surface area contributed by atoms with Crippen LogP contribution in [0.2, 0.25) is 0 Å². The van der Waals surface area contributed by atoms with Crippen molar-refractivity contribution in [2.45, 2.75) is 25.8 Å². The van der Waals surface area contributed by atoms with Gasteiger partial charge in [0.05, 0.1) is 5.92 Å². The number of rotatable bonds is 7. The largest absolute Gasteiger partial charge is 0.488 e. The molecule has 1 unspecified atom stereocenters. The molecular weight excluding hydrogens is 392 g/mol. The van der Waals surface area contributed by atoms with Crippen molar-refractivity contribution in [3.63, 3.8) is 0 Å². The number of anilines is 1. The topological polar surface area (TPSA) is 70.7 Å². The molecule has 2 aromatic carbocycles. The summed E-state index contributed by atoms with van der Waals surface area (Å²) in [6, 6.07) is 15.6. The van der Waals surface area contributed by atoms with Gasteiger partial charge in [0.15, 0.2) is 0 Å². The Labute approximate surface area is 174 Å². The Balaban J connectivity index is 1.49. The molecule has 0 bridgehead atoms. The van der Waals surface area contributed by atoms with Gasteiger partial charge in [0, 0.05) is 25.3 Å². The van der Waals surface area contributed by atoms with E-state index in [1.54, 1.807) is 29.2 Å².